The monoisotopic (exact) mass is 347 g/mol. The standard InChI is InChI=1S/C18H25N3O2S/c1-3-13(2)9-17(22)21-7-4-5-14(11-21)10-16-19-18(20-23-16)15-6-8-24-12-15/h6,8,12-14H,3-5,7,9-11H2,1-2H3. The van der Waals surface area contributed by atoms with Gasteiger partial charge < -0.3 is 9.42 Å². The van der Waals surface area contributed by atoms with Crippen molar-refractivity contribution in [3.63, 3.8) is 0 Å². The van der Waals surface area contributed by atoms with Crippen LogP contribution in [-0.2, 0) is 11.2 Å². The van der Waals surface area contributed by atoms with Gasteiger partial charge in [-0.05, 0) is 36.1 Å². The molecule has 0 aliphatic carbocycles. The topological polar surface area (TPSA) is 59.2 Å². The number of rotatable bonds is 6. The Morgan fingerprint density at radius 1 is 1.54 bits per heavy atom. The van der Waals surface area contributed by atoms with E-state index in [0.29, 0.717) is 35.9 Å². The third-order valence-electron chi connectivity index (χ3n) is 4.80. The van der Waals surface area contributed by atoms with Crippen LogP contribution in [0.25, 0.3) is 11.4 Å². The van der Waals surface area contributed by atoms with Gasteiger partial charge in [-0.1, -0.05) is 25.4 Å². The highest BCUT2D eigenvalue weighted by molar-refractivity contribution is 7.08. The summed E-state index contributed by atoms with van der Waals surface area (Å²) in [5.41, 5.74) is 1.00. The summed E-state index contributed by atoms with van der Waals surface area (Å²) in [6.07, 6.45) is 4.64. The van der Waals surface area contributed by atoms with Gasteiger partial charge in [-0.2, -0.15) is 16.3 Å². The van der Waals surface area contributed by atoms with Gasteiger partial charge in [-0.15, -0.1) is 0 Å². The lowest BCUT2D eigenvalue weighted by Gasteiger charge is -2.32. The highest BCUT2D eigenvalue weighted by Crippen LogP contribution is 2.24. The quantitative estimate of drug-likeness (QED) is 0.792. The van der Waals surface area contributed by atoms with Crippen molar-refractivity contribution in [2.45, 2.75) is 46.0 Å². The van der Waals surface area contributed by atoms with Gasteiger partial charge in [0.05, 0.1) is 0 Å². The molecule has 1 amide bonds. The fourth-order valence-corrected chi connectivity index (χ4v) is 3.76. The lowest BCUT2D eigenvalue weighted by molar-refractivity contribution is -0.134. The zero-order chi connectivity index (χ0) is 16.9. The molecule has 0 radical (unpaired) electrons. The lowest BCUT2D eigenvalue weighted by Crippen LogP contribution is -2.41. The van der Waals surface area contributed by atoms with Crippen molar-refractivity contribution in [3.8, 4) is 11.4 Å². The first-order valence-corrected chi connectivity index (χ1v) is 9.73. The maximum Gasteiger partial charge on any atom is 0.227 e. The Balaban J connectivity index is 1.56. The molecular formula is C18H25N3O2S. The minimum absolute atomic E-state index is 0.290. The molecule has 0 saturated carbocycles. The van der Waals surface area contributed by atoms with E-state index in [1.165, 1.54) is 0 Å². The molecule has 1 saturated heterocycles. The summed E-state index contributed by atoms with van der Waals surface area (Å²) in [4.78, 5) is 18.9. The van der Waals surface area contributed by atoms with Gasteiger partial charge in [0.2, 0.25) is 17.6 Å². The molecular weight excluding hydrogens is 322 g/mol. The first kappa shape index (κ1) is 17.1. The van der Waals surface area contributed by atoms with Crippen LogP contribution in [0, 0.1) is 11.8 Å². The second kappa shape index (κ2) is 7.92. The number of aromatic nitrogens is 2. The Labute approximate surface area is 147 Å². The second-order valence-corrected chi connectivity index (χ2v) is 7.57. The molecule has 24 heavy (non-hydrogen) atoms. The molecule has 1 aliphatic heterocycles. The third kappa shape index (κ3) is 4.23. The van der Waals surface area contributed by atoms with Gasteiger partial charge in [-0.25, -0.2) is 0 Å². The van der Waals surface area contributed by atoms with E-state index >= 15 is 0 Å². The predicted molar refractivity (Wildman–Crippen MR) is 94.7 cm³/mol. The Hall–Kier alpha value is -1.69. The minimum Gasteiger partial charge on any atom is -0.342 e. The molecule has 3 rings (SSSR count). The van der Waals surface area contributed by atoms with Crippen molar-refractivity contribution in [1.29, 1.82) is 0 Å². The smallest absolute Gasteiger partial charge is 0.227 e. The number of piperidine rings is 1. The third-order valence-corrected chi connectivity index (χ3v) is 5.49. The summed E-state index contributed by atoms with van der Waals surface area (Å²) in [6, 6.07) is 2.00. The van der Waals surface area contributed by atoms with Crippen LogP contribution in [0.1, 0.15) is 45.4 Å². The molecule has 5 nitrogen and oxygen atoms in total. The average Bonchev–Trinajstić information content (AvgIpc) is 3.26. The minimum atomic E-state index is 0.290. The van der Waals surface area contributed by atoms with Gasteiger partial charge in [0, 0.05) is 36.9 Å². The van der Waals surface area contributed by atoms with E-state index in [9.17, 15) is 4.79 Å². The van der Waals surface area contributed by atoms with Gasteiger partial charge in [0.15, 0.2) is 0 Å². The largest absolute Gasteiger partial charge is 0.342 e. The fraction of sp³-hybridized carbons (Fsp3) is 0.611. The van der Waals surface area contributed by atoms with Crippen molar-refractivity contribution >= 4 is 17.2 Å². The van der Waals surface area contributed by atoms with E-state index in [1.54, 1.807) is 11.3 Å². The van der Waals surface area contributed by atoms with Crippen molar-refractivity contribution in [3.05, 3.63) is 22.7 Å². The van der Waals surface area contributed by atoms with Gasteiger partial charge in [0.1, 0.15) is 0 Å². The van der Waals surface area contributed by atoms with E-state index in [1.807, 2.05) is 21.7 Å². The molecule has 3 heterocycles. The van der Waals surface area contributed by atoms with E-state index in [0.717, 1.165) is 44.3 Å². The predicted octanol–water partition coefficient (Wildman–Crippen LogP) is 4.02. The molecule has 2 aromatic rings. The molecule has 2 unspecified atom stereocenters. The number of hydrogen-bond acceptors (Lipinski definition) is 5. The normalized spacial score (nSPS) is 19.4. The van der Waals surface area contributed by atoms with Crippen molar-refractivity contribution in [2.75, 3.05) is 13.1 Å². The van der Waals surface area contributed by atoms with Crippen LogP contribution in [-0.4, -0.2) is 34.0 Å². The first-order chi connectivity index (χ1) is 11.7. The average molecular weight is 347 g/mol. The van der Waals surface area contributed by atoms with Crippen LogP contribution in [0.3, 0.4) is 0 Å². The van der Waals surface area contributed by atoms with Gasteiger partial charge >= 0.3 is 0 Å². The maximum atomic E-state index is 12.4. The number of hydrogen-bond donors (Lipinski definition) is 0. The van der Waals surface area contributed by atoms with Gasteiger partial charge in [0.25, 0.3) is 0 Å². The summed E-state index contributed by atoms with van der Waals surface area (Å²) < 4.78 is 5.41. The first-order valence-electron chi connectivity index (χ1n) is 8.78. The molecule has 1 aliphatic rings. The fourth-order valence-electron chi connectivity index (χ4n) is 3.12. The van der Waals surface area contributed by atoms with E-state index < -0.39 is 0 Å². The number of carbonyl (C=O) groups is 1. The molecule has 130 valence electrons. The van der Waals surface area contributed by atoms with Crippen LogP contribution in [0.5, 0.6) is 0 Å². The zero-order valence-corrected chi connectivity index (χ0v) is 15.2. The summed E-state index contributed by atoms with van der Waals surface area (Å²) in [5, 5.41) is 8.09. The van der Waals surface area contributed by atoms with Crippen LogP contribution in [0.15, 0.2) is 21.3 Å². The van der Waals surface area contributed by atoms with Crippen LogP contribution in [0.4, 0.5) is 0 Å². The second-order valence-electron chi connectivity index (χ2n) is 6.79. The molecule has 2 aromatic heterocycles. The van der Waals surface area contributed by atoms with Crippen LogP contribution in [0.2, 0.25) is 0 Å². The van der Waals surface area contributed by atoms with E-state index in [2.05, 4.69) is 24.0 Å². The summed E-state index contributed by atoms with van der Waals surface area (Å²) in [7, 11) is 0. The number of likely N-dealkylation sites (tertiary alicyclic amines) is 1. The summed E-state index contributed by atoms with van der Waals surface area (Å²) >= 11 is 1.62. The Bertz CT molecular complexity index is 653. The summed E-state index contributed by atoms with van der Waals surface area (Å²) in [5.74, 6) is 2.50. The van der Waals surface area contributed by atoms with Crippen molar-refractivity contribution in [2.24, 2.45) is 11.8 Å². The highest BCUT2D eigenvalue weighted by atomic mass is 32.1. The molecule has 0 N–H and O–H groups in total. The molecule has 1 fully saturated rings. The SMILES string of the molecule is CCC(C)CC(=O)N1CCCC(Cc2nc(-c3ccsc3)no2)C1. The lowest BCUT2D eigenvalue weighted by atomic mass is 9.94. The van der Waals surface area contributed by atoms with Crippen LogP contribution < -0.4 is 0 Å². The Morgan fingerprint density at radius 2 is 2.42 bits per heavy atom. The zero-order valence-electron chi connectivity index (χ0n) is 14.4. The van der Waals surface area contributed by atoms with Crippen molar-refractivity contribution < 1.29 is 9.32 Å². The Morgan fingerprint density at radius 3 is 3.17 bits per heavy atom. The maximum absolute atomic E-state index is 12.4. The van der Waals surface area contributed by atoms with Gasteiger partial charge in [-0.3, -0.25) is 4.79 Å². The molecule has 6 heteroatoms. The van der Waals surface area contributed by atoms with Crippen molar-refractivity contribution in [1.82, 2.24) is 15.0 Å². The summed E-state index contributed by atoms with van der Waals surface area (Å²) in [6.45, 7) is 5.97. The number of thiophene rings is 1. The Kier molecular flexibility index (Phi) is 5.66. The van der Waals surface area contributed by atoms with E-state index in [4.69, 9.17) is 4.52 Å². The number of amides is 1. The number of nitrogens with zero attached hydrogens (tertiary/aromatic N) is 3. The number of carbonyl (C=O) groups excluding carboxylic acids is 1. The molecule has 0 aromatic carbocycles. The highest BCUT2D eigenvalue weighted by Gasteiger charge is 2.26. The van der Waals surface area contributed by atoms with E-state index in [-0.39, 0.29) is 0 Å². The van der Waals surface area contributed by atoms with Crippen LogP contribution >= 0.6 is 11.3 Å². The molecule has 2 atom stereocenters. The molecule has 0 spiro atoms. The molecule has 0 bridgehead atoms.